The van der Waals surface area contributed by atoms with Crippen molar-refractivity contribution in [2.45, 2.75) is 6.54 Å². The summed E-state index contributed by atoms with van der Waals surface area (Å²) < 4.78 is 5.55. The van der Waals surface area contributed by atoms with E-state index in [2.05, 4.69) is 10.2 Å². The smallest absolute Gasteiger partial charge is 0.119 e. The van der Waals surface area contributed by atoms with Crippen LogP contribution in [0.4, 0.5) is 0 Å². The van der Waals surface area contributed by atoms with Crippen molar-refractivity contribution in [3.8, 4) is 11.5 Å². The van der Waals surface area contributed by atoms with Gasteiger partial charge in [-0.05, 0) is 36.4 Å². The number of rotatable bonds is 4. The number of fused-ring (bicyclic) bond motifs is 1. The molecule has 0 bridgehead atoms. The third-order valence-corrected chi connectivity index (χ3v) is 2.72. The minimum atomic E-state index is 0.229. The zero-order chi connectivity index (χ0) is 13.1. The molecule has 0 aliphatic carbocycles. The SMILES string of the molecule is Oc1ccc(OCCn2nc3ccccc3n2)cc1. The van der Waals surface area contributed by atoms with E-state index < -0.39 is 0 Å². The first-order valence-electron chi connectivity index (χ1n) is 6.03. The van der Waals surface area contributed by atoms with Crippen molar-refractivity contribution in [2.75, 3.05) is 6.61 Å². The van der Waals surface area contributed by atoms with E-state index in [9.17, 15) is 0 Å². The highest BCUT2D eigenvalue weighted by molar-refractivity contribution is 5.72. The molecule has 0 saturated heterocycles. The third-order valence-electron chi connectivity index (χ3n) is 2.72. The number of phenols is 1. The molecule has 1 aromatic heterocycles. The Morgan fingerprint density at radius 2 is 1.58 bits per heavy atom. The van der Waals surface area contributed by atoms with Crippen LogP contribution < -0.4 is 4.74 Å². The van der Waals surface area contributed by atoms with Gasteiger partial charge in [-0.1, -0.05) is 12.1 Å². The standard InChI is InChI=1S/C14H13N3O2/c18-11-5-7-12(8-6-11)19-10-9-17-15-13-3-1-2-4-14(13)16-17/h1-8,18H,9-10H2. The second-order valence-corrected chi connectivity index (χ2v) is 4.13. The lowest BCUT2D eigenvalue weighted by Gasteiger charge is -2.05. The Kier molecular flexibility index (Phi) is 3.02. The van der Waals surface area contributed by atoms with Crippen LogP contribution in [0.2, 0.25) is 0 Å². The fourth-order valence-electron chi connectivity index (χ4n) is 1.79. The molecule has 19 heavy (non-hydrogen) atoms. The molecule has 5 heteroatoms. The molecule has 3 rings (SSSR count). The Morgan fingerprint density at radius 1 is 0.947 bits per heavy atom. The van der Waals surface area contributed by atoms with Gasteiger partial charge in [0.25, 0.3) is 0 Å². The van der Waals surface area contributed by atoms with Gasteiger partial charge in [0, 0.05) is 0 Å². The molecule has 0 atom stereocenters. The minimum Gasteiger partial charge on any atom is -0.508 e. The van der Waals surface area contributed by atoms with Crippen LogP contribution in [0.25, 0.3) is 11.0 Å². The molecule has 0 spiro atoms. The molecule has 0 aliphatic heterocycles. The van der Waals surface area contributed by atoms with Gasteiger partial charge in [-0.15, -0.1) is 0 Å². The summed E-state index contributed by atoms with van der Waals surface area (Å²) in [5, 5.41) is 17.8. The van der Waals surface area contributed by atoms with Gasteiger partial charge in [-0.2, -0.15) is 15.0 Å². The number of phenolic OH excluding ortho intramolecular Hbond substituents is 1. The van der Waals surface area contributed by atoms with Crippen molar-refractivity contribution in [2.24, 2.45) is 0 Å². The Morgan fingerprint density at radius 3 is 2.21 bits per heavy atom. The van der Waals surface area contributed by atoms with Crippen LogP contribution >= 0.6 is 0 Å². The van der Waals surface area contributed by atoms with Crippen LogP contribution in [0.3, 0.4) is 0 Å². The molecule has 0 fully saturated rings. The van der Waals surface area contributed by atoms with Gasteiger partial charge in [-0.25, -0.2) is 0 Å². The van der Waals surface area contributed by atoms with Crippen molar-refractivity contribution in [1.29, 1.82) is 0 Å². The van der Waals surface area contributed by atoms with E-state index >= 15 is 0 Å². The predicted octanol–water partition coefficient (Wildman–Crippen LogP) is 2.22. The molecule has 1 heterocycles. The van der Waals surface area contributed by atoms with Crippen LogP contribution in [0, 0.1) is 0 Å². The number of ether oxygens (including phenoxy) is 1. The first-order chi connectivity index (χ1) is 9.31. The van der Waals surface area contributed by atoms with Crippen molar-refractivity contribution >= 4 is 11.0 Å². The monoisotopic (exact) mass is 255 g/mol. The van der Waals surface area contributed by atoms with Gasteiger partial charge < -0.3 is 9.84 Å². The molecule has 1 N–H and O–H groups in total. The van der Waals surface area contributed by atoms with E-state index in [-0.39, 0.29) is 5.75 Å². The van der Waals surface area contributed by atoms with Gasteiger partial charge in [0.2, 0.25) is 0 Å². The van der Waals surface area contributed by atoms with E-state index in [0.717, 1.165) is 16.8 Å². The number of benzene rings is 2. The largest absolute Gasteiger partial charge is 0.508 e. The normalized spacial score (nSPS) is 10.7. The third kappa shape index (κ3) is 2.65. The summed E-state index contributed by atoms with van der Waals surface area (Å²) >= 11 is 0. The van der Waals surface area contributed by atoms with E-state index in [0.29, 0.717) is 13.2 Å². The quantitative estimate of drug-likeness (QED) is 0.776. The average molecular weight is 255 g/mol. The van der Waals surface area contributed by atoms with Crippen LogP contribution in [-0.2, 0) is 6.54 Å². The lowest BCUT2D eigenvalue weighted by atomic mass is 10.3. The van der Waals surface area contributed by atoms with Crippen LogP contribution in [-0.4, -0.2) is 26.7 Å². The molecule has 96 valence electrons. The van der Waals surface area contributed by atoms with Gasteiger partial charge in [0.15, 0.2) is 0 Å². The molecule has 2 aromatic carbocycles. The summed E-state index contributed by atoms with van der Waals surface area (Å²) in [6, 6.07) is 14.4. The first-order valence-corrected chi connectivity index (χ1v) is 6.03. The van der Waals surface area contributed by atoms with Crippen molar-refractivity contribution in [3.63, 3.8) is 0 Å². The lowest BCUT2D eigenvalue weighted by Crippen LogP contribution is -2.10. The molecule has 0 aliphatic rings. The van der Waals surface area contributed by atoms with Crippen molar-refractivity contribution < 1.29 is 9.84 Å². The van der Waals surface area contributed by atoms with Crippen LogP contribution in [0.5, 0.6) is 11.5 Å². The zero-order valence-electron chi connectivity index (χ0n) is 10.2. The fraction of sp³-hybridized carbons (Fsp3) is 0.143. The van der Waals surface area contributed by atoms with Crippen LogP contribution in [0.1, 0.15) is 0 Å². The summed E-state index contributed by atoms with van der Waals surface area (Å²) in [6.07, 6.45) is 0. The van der Waals surface area contributed by atoms with Crippen molar-refractivity contribution in [3.05, 3.63) is 48.5 Å². The van der Waals surface area contributed by atoms with Gasteiger partial charge >= 0.3 is 0 Å². The average Bonchev–Trinajstić information content (AvgIpc) is 2.83. The first kappa shape index (κ1) is 11.5. The summed E-state index contributed by atoms with van der Waals surface area (Å²) in [5.41, 5.74) is 1.76. The van der Waals surface area contributed by atoms with Gasteiger partial charge in [0.05, 0.1) is 6.54 Å². The highest BCUT2D eigenvalue weighted by Gasteiger charge is 2.01. The maximum Gasteiger partial charge on any atom is 0.119 e. The molecule has 0 amide bonds. The molecule has 0 unspecified atom stereocenters. The second-order valence-electron chi connectivity index (χ2n) is 4.13. The highest BCUT2D eigenvalue weighted by atomic mass is 16.5. The Labute approximate surface area is 110 Å². The molecule has 0 saturated carbocycles. The van der Waals surface area contributed by atoms with E-state index in [4.69, 9.17) is 9.84 Å². The fourth-order valence-corrected chi connectivity index (χ4v) is 1.79. The summed E-state index contributed by atoms with van der Waals surface area (Å²) in [7, 11) is 0. The molecule has 5 nitrogen and oxygen atoms in total. The zero-order valence-corrected chi connectivity index (χ0v) is 10.2. The molecule has 0 radical (unpaired) electrons. The van der Waals surface area contributed by atoms with E-state index in [1.54, 1.807) is 29.1 Å². The lowest BCUT2D eigenvalue weighted by molar-refractivity contribution is 0.282. The summed E-state index contributed by atoms with van der Waals surface area (Å²) in [5.74, 6) is 0.946. The van der Waals surface area contributed by atoms with Gasteiger partial charge in [-0.3, -0.25) is 0 Å². The molecule has 3 aromatic rings. The second kappa shape index (κ2) is 4.97. The Hall–Kier alpha value is -2.56. The maximum absolute atomic E-state index is 9.16. The van der Waals surface area contributed by atoms with Crippen LogP contribution in [0.15, 0.2) is 48.5 Å². The van der Waals surface area contributed by atoms with E-state index in [1.807, 2.05) is 24.3 Å². The number of aromatic hydroxyl groups is 1. The highest BCUT2D eigenvalue weighted by Crippen LogP contribution is 2.15. The number of hydrogen-bond acceptors (Lipinski definition) is 4. The predicted molar refractivity (Wildman–Crippen MR) is 71.1 cm³/mol. The number of aromatic nitrogens is 3. The Balaban J connectivity index is 1.61. The molecular formula is C14H13N3O2. The van der Waals surface area contributed by atoms with Gasteiger partial charge in [0.1, 0.15) is 29.1 Å². The number of hydrogen-bond donors (Lipinski definition) is 1. The summed E-state index contributed by atoms with van der Waals surface area (Å²) in [4.78, 5) is 1.63. The minimum absolute atomic E-state index is 0.229. The van der Waals surface area contributed by atoms with Crippen molar-refractivity contribution in [1.82, 2.24) is 15.0 Å². The topological polar surface area (TPSA) is 60.2 Å². The Bertz CT molecular complexity index is 643. The maximum atomic E-state index is 9.16. The van der Waals surface area contributed by atoms with E-state index in [1.165, 1.54) is 0 Å². The molecular weight excluding hydrogens is 242 g/mol. The number of nitrogens with zero attached hydrogens (tertiary/aromatic N) is 3. The summed E-state index contributed by atoms with van der Waals surface area (Å²) in [6.45, 7) is 1.06.